The molecule has 1 aromatic carbocycles. The van der Waals surface area contributed by atoms with Crippen LogP contribution in [0.2, 0.25) is 5.15 Å². The summed E-state index contributed by atoms with van der Waals surface area (Å²) < 4.78 is 26.0. The predicted octanol–water partition coefficient (Wildman–Crippen LogP) is 4.75. The highest BCUT2D eigenvalue weighted by molar-refractivity contribution is 6.30. The van der Waals surface area contributed by atoms with Crippen LogP contribution >= 0.6 is 11.6 Å². The van der Waals surface area contributed by atoms with Crippen LogP contribution in [-0.4, -0.2) is 4.98 Å². The fourth-order valence-electron chi connectivity index (χ4n) is 2.10. The molecule has 2 rings (SSSR count). The molecule has 0 N–H and O–H groups in total. The van der Waals surface area contributed by atoms with Crippen LogP contribution in [0.1, 0.15) is 30.0 Å². The van der Waals surface area contributed by atoms with Crippen molar-refractivity contribution < 1.29 is 8.78 Å². The van der Waals surface area contributed by atoms with Crippen molar-refractivity contribution in [2.75, 3.05) is 0 Å². The first-order valence-corrected chi connectivity index (χ1v) is 7.06. The average molecular weight is 296 g/mol. The highest BCUT2D eigenvalue weighted by atomic mass is 35.5. The maximum atomic E-state index is 13.1. The van der Waals surface area contributed by atoms with E-state index in [-0.39, 0.29) is 5.15 Å². The van der Waals surface area contributed by atoms with Gasteiger partial charge in [-0.25, -0.2) is 9.37 Å². The minimum absolute atomic E-state index is 0.0338. The number of nitrogens with zero attached hydrogens (tertiary/aromatic N) is 1. The SMILES string of the molecule is CCCc1ccc(CCc2cc(F)c(F)nc2Cl)cc1. The van der Waals surface area contributed by atoms with E-state index in [9.17, 15) is 8.78 Å². The smallest absolute Gasteiger partial charge is 0.205 e. The van der Waals surface area contributed by atoms with E-state index in [1.54, 1.807) is 0 Å². The Morgan fingerprint density at radius 3 is 2.20 bits per heavy atom. The first kappa shape index (κ1) is 14.9. The van der Waals surface area contributed by atoms with E-state index in [0.29, 0.717) is 12.0 Å². The summed E-state index contributed by atoms with van der Waals surface area (Å²) in [5.74, 6) is -2.11. The second-order valence-electron chi connectivity index (χ2n) is 4.78. The molecule has 0 radical (unpaired) electrons. The summed E-state index contributed by atoms with van der Waals surface area (Å²) in [4.78, 5) is 3.35. The number of halogens is 3. The Hall–Kier alpha value is -1.48. The molecule has 0 aliphatic carbocycles. The van der Waals surface area contributed by atoms with Crippen molar-refractivity contribution in [3.05, 3.63) is 63.9 Å². The van der Waals surface area contributed by atoms with Crippen LogP contribution in [0, 0.1) is 11.8 Å². The Balaban J connectivity index is 2.03. The molecule has 1 nitrogen and oxygen atoms in total. The molecular weight excluding hydrogens is 280 g/mol. The van der Waals surface area contributed by atoms with Crippen molar-refractivity contribution in [3.8, 4) is 0 Å². The second kappa shape index (κ2) is 6.80. The molecule has 106 valence electrons. The Morgan fingerprint density at radius 2 is 1.60 bits per heavy atom. The van der Waals surface area contributed by atoms with Crippen LogP contribution in [0.15, 0.2) is 30.3 Å². The summed E-state index contributed by atoms with van der Waals surface area (Å²) in [5, 5.41) is 0.0338. The number of aryl methyl sites for hydroxylation is 3. The Kier molecular flexibility index (Phi) is 5.07. The summed E-state index contributed by atoms with van der Waals surface area (Å²) in [6.07, 6.45) is 3.45. The number of pyridine rings is 1. The first-order valence-electron chi connectivity index (χ1n) is 6.68. The summed E-state index contributed by atoms with van der Waals surface area (Å²) in [6, 6.07) is 9.45. The molecule has 0 aliphatic heterocycles. The van der Waals surface area contributed by atoms with Crippen molar-refractivity contribution in [3.63, 3.8) is 0 Å². The minimum atomic E-state index is -1.15. The van der Waals surface area contributed by atoms with E-state index in [1.165, 1.54) is 5.56 Å². The van der Waals surface area contributed by atoms with Crippen LogP contribution in [0.25, 0.3) is 0 Å². The molecule has 1 heterocycles. The number of benzene rings is 1. The highest BCUT2D eigenvalue weighted by Crippen LogP contribution is 2.18. The van der Waals surface area contributed by atoms with Gasteiger partial charge in [0.2, 0.25) is 5.95 Å². The van der Waals surface area contributed by atoms with E-state index < -0.39 is 11.8 Å². The van der Waals surface area contributed by atoms with Gasteiger partial charge in [-0.2, -0.15) is 4.39 Å². The van der Waals surface area contributed by atoms with Gasteiger partial charge in [0.15, 0.2) is 5.82 Å². The lowest BCUT2D eigenvalue weighted by molar-refractivity contribution is 0.477. The van der Waals surface area contributed by atoms with Crippen molar-refractivity contribution in [2.45, 2.75) is 32.6 Å². The van der Waals surface area contributed by atoms with Crippen LogP contribution in [-0.2, 0) is 19.3 Å². The number of hydrogen-bond donors (Lipinski definition) is 0. The van der Waals surface area contributed by atoms with Gasteiger partial charge in [0.05, 0.1) is 0 Å². The van der Waals surface area contributed by atoms with Crippen molar-refractivity contribution in [1.29, 1.82) is 0 Å². The molecule has 4 heteroatoms. The molecule has 20 heavy (non-hydrogen) atoms. The topological polar surface area (TPSA) is 12.9 Å². The maximum absolute atomic E-state index is 13.1. The zero-order valence-corrected chi connectivity index (χ0v) is 12.1. The first-order chi connectivity index (χ1) is 9.60. The average Bonchev–Trinajstić information content (AvgIpc) is 2.43. The lowest BCUT2D eigenvalue weighted by atomic mass is 10.0. The van der Waals surface area contributed by atoms with Gasteiger partial charge in [-0.15, -0.1) is 0 Å². The summed E-state index contributed by atoms with van der Waals surface area (Å²) >= 11 is 5.82. The number of aromatic nitrogens is 1. The van der Waals surface area contributed by atoms with E-state index in [2.05, 4.69) is 36.2 Å². The molecule has 0 saturated heterocycles. The van der Waals surface area contributed by atoms with Crippen LogP contribution in [0.5, 0.6) is 0 Å². The van der Waals surface area contributed by atoms with E-state index in [1.807, 2.05) is 0 Å². The van der Waals surface area contributed by atoms with Crippen LogP contribution in [0.4, 0.5) is 8.78 Å². The fraction of sp³-hybridized carbons (Fsp3) is 0.312. The van der Waals surface area contributed by atoms with Gasteiger partial charge >= 0.3 is 0 Å². The molecule has 0 fully saturated rings. The quantitative estimate of drug-likeness (QED) is 0.725. The highest BCUT2D eigenvalue weighted by Gasteiger charge is 2.10. The third kappa shape index (κ3) is 3.76. The molecule has 0 spiro atoms. The molecular formula is C16H16ClF2N. The molecule has 0 atom stereocenters. The van der Waals surface area contributed by atoms with Gasteiger partial charge in [-0.1, -0.05) is 49.2 Å². The molecule has 0 aliphatic rings. The lowest BCUT2D eigenvalue weighted by Gasteiger charge is -2.06. The van der Waals surface area contributed by atoms with Crippen molar-refractivity contribution in [2.24, 2.45) is 0 Å². The molecule has 2 aromatic rings. The van der Waals surface area contributed by atoms with Gasteiger partial charge in [-0.3, -0.25) is 0 Å². The van der Waals surface area contributed by atoms with E-state index in [0.717, 1.165) is 30.9 Å². The van der Waals surface area contributed by atoms with Gasteiger partial charge < -0.3 is 0 Å². The number of hydrogen-bond acceptors (Lipinski definition) is 1. The van der Waals surface area contributed by atoms with Gasteiger partial charge in [0.25, 0.3) is 0 Å². The normalized spacial score (nSPS) is 10.8. The lowest BCUT2D eigenvalue weighted by Crippen LogP contribution is -1.99. The zero-order chi connectivity index (χ0) is 14.5. The molecule has 0 saturated carbocycles. The van der Waals surface area contributed by atoms with Crippen molar-refractivity contribution >= 4 is 11.6 Å². The minimum Gasteiger partial charge on any atom is -0.205 e. The third-order valence-electron chi connectivity index (χ3n) is 3.20. The maximum Gasteiger partial charge on any atom is 0.250 e. The summed E-state index contributed by atoms with van der Waals surface area (Å²) in [7, 11) is 0. The standard InChI is InChI=1S/C16H16ClF2N/c1-2-3-11-4-6-12(7-5-11)8-9-13-10-14(18)16(19)20-15(13)17/h4-7,10H,2-3,8-9H2,1H3. The van der Waals surface area contributed by atoms with Gasteiger partial charge in [0.1, 0.15) is 5.15 Å². The molecule has 0 amide bonds. The zero-order valence-electron chi connectivity index (χ0n) is 11.3. The Bertz CT molecular complexity index is 582. The summed E-state index contributed by atoms with van der Waals surface area (Å²) in [5.41, 5.74) is 2.98. The van der Waals surface area contributed by atoms with Crippen LogP contribution < -0.4 is 0 Å². The predicted molar refractivity (Wildman–Crippen MR) is 77.0 cm³/mol. The Morgan fingerprint density at radius 1 is 1.00 bits per heavy atom. The van der Waals surface area contributed by atoms with Crippen molar-refractivity contribution in [1.82, 2.24) is 4.98 Å². The third-order valence-corrected chi connectivity index (χ3v) is 3.53. The summed E-state index contributed by atoms with van der Waals surface area (Å²) in [6.45, 7) is 2.14. The van der Waals surface area contributed by atoms with Crippen LogP contribution in [0.3, 0.4) is 0 Å². The number of rotatable bonds is 5. The second-order valence-corrected chi connectivity index (χ2v) is 5.14. The van der Waals surface area contributed by atoms with Gasteiger partial charge in [-0.05, 0) is 42.0 Å². The largest absolute Gasteiger partial charge is 0.250 e. The fourth-order valence-corrected chi connectivity index (χ4v) is 2.32. The monoisotopic (exact) mass is 295 g/mol. The Labute approximate surface area is 122 Å². The molecule has 0 bridgehead atoms. The van der Waals surface area contributed by atoms with Gasteiger partial charge in [0, 0.05) is 0 Å². The molecule has 0 unspecified atom stereocenters. The van der Waals surface area contributed by atoms with E-state index >= 15 is 0 Å². The molecule has 1 aromatic heterocycles. The van der Waals surface area contributed by atoms with E-state index in [4.69, 9.17) is 11.6 Å².